The van der Waals surface area contributed by atoms with Crippen LogP contribution >= 0.6 is 0 Å². The number of rotatable bonds is 5. The Balaban J connectivity index is 2.48. The molecule has 1 fully saturated rings. The van der Waals surface area contributed by atoms with Gasteiger partial charge in [-0.3, -0.25) is 0 Å². The van der Waals surface area contributed by atoms with Crippen molar-refractivity contribution in [2.24, 2.45) is 5.92 Å². The van der Waals surface area contributed by atoms with Crippen molar-refractivity contribution in [3.63, 3.8) is 0 Å². The summed E-state index contributed by atoms with van der Waals surface area (Å²) in [5, 5.41) is 8.36. The van der Waals surface area contributed by atoms with Crippen LogP contribution in [0.5, 0.6) is 0 Å². The summed E-state index contributed by atoms with van der Waals surface area (Å²) in [4.78, 5) is 0. The standard InChI is InChI=1S/C8H14N2O2S/c1-13(11,12)10(6-2-5-9)7-8-3-4-8/h8H,2-4,6-7H2,1H3. The zero-order valence-electron chi connectivity index (χ0n) is 7.73. The number of hydrogen-bond acceptors (Lipinski definition) is 3. The van der Waals surface area contributed by atoms with Gasteiger partial charge in [0.15, 0.2) is 0 Å². The number of nitriles is 1. The predicted molar refractivity (Wildman–Crippen MR) is 49.4 cm³/mol. The Morgan fingerprint density at radius 1 is 1.54 bits per heavy atom. The highest BCUT2D eigenvalue weighted by atomic mass is 32.2. The molecule has 0 radical (unpaired) electrons. The molecule has 0 unspecified atom stereocenters. The first-order valence-electron chi connectivity index (χ1n) is 4.36. The largest absolute Gasteiger partial charge is 0.213 e. The Morgan fingerprint density at radius 2 is 2.15 bits per heavy atom. The molecule has 0 atom stereocenters. The van der Waals surface area contributed by atoms with E-state index in [0.29, 0.717) is 19.0 Å². The van der Waals surface area contributed by atoms with Crippen molar-refractivity contribution in [2.75, 3.05) is 19.3 Å². The minimum atomic E-state index is -3.11. The van der Waals surface area contributed by atoms with Crippen molar-refractivity contribution in [3.8, 4) is 6.07 Å². The minimum Gasteiger partial charge on any atom is -0.213 e. The molecule has 0 saturated heterocycles. The van der Waals surface area contributed by atoms with Gasteiger partial charge in [-0.2, -0.15) is 5.26 Å². The van der Waals surface area contributed by atoms with Gasteiger partial charge in [-0.1, -0.05) is 0 Å². The molecule has 0 heterocycles. The highest BCUT2D eigenvalue weighted by Crippen LogP contribution is 2.30. The first-order valence-corrected chi connectivity index (χ1v) is 6.21. The highest BCUT2D eigenvalue weighted by Gasteiger charge is 2.27. The lowest BCUT2D eigenvalue weighted by atomic mass is 10.4. The minimum absolute atomic E-state index is 0.278. The molecular weight excluding hydrogens is 188 g/mol. The van der Waals surface area contributed by atoms with E-state index in [1.54, 1.807) is 0 Å². The average molecular weight is 202 g/mol. The molecule has 0 aromatic heterocycles. The fourth-order valence-electron chi connectivity index (χ4n) is 1.16. The molecule has 0 spiro atoms. The Morgan fingerprint density at radius 3 is 2.54 bits per heavy atom. The third kappa shape index (κ3) is 3.75. The first kappa shape index (κ1) is 10.5. The molecule has 13 heavy (non-hydrogen) atoms. The fourth-order valence-corrected chi connectivity index (χ4v) is 2.06. The molecular formula is C8H14N2O2S. The molecule has 0 amide bonds. The molecule has 0 aromatic carbocycles. The van der Waals surface area contributed by atoms with Crippen LogP contribution in [0.25, 0.3) is 0 Å². The van der Waals surface area contributed by atoms with E-state index in [9.17, 15) is 8.42 Å². The first-order chi connectivity index (χ1) is 6.04. The van der Waals surface area contributed by atoms with E-state index in [1.807, 2.05) is 6.07 Å². The second-order valence-corrected chi connectivity index (χ2v) is 5.45. The van der Waals surface area contributed by atoms with E-state index in [1.165, 1.54) is 10.6 Å². The fraction of sp³-hybridized carbons (Fsp3) is 0.875. The number of nitrogens with zero attached hydrogens (tertiary/aromatic N) is 2. The third-order valence-corrected chi connectivity index (χ3v) is 3.37. The van der Waals surface area contributed by atoms with Crippen LogP contribution in [0, 0.1) is 17.2 Å². The molecule has 1 aliphatic rings. The lowest BCUT2D eigenvalue weighted by Gasteiger charge is -2.17. The van der Waals surface area contributed by atoms with Crippen LogP contribution in [0.1, 0.15) is 19.3 Å². The average Bonchev–Trinajstić information content (AvgIpc) is 2.78. The molecule has 74 valence electrons. The Labute approximate surface area is 79.2 Å². The normalized spacial score (nSPS) is 17.3. The second kappa shape index (κ2) is 4.07. The summed E-state index contributed by atoms with van der Waals surface area (Å²) in [6.45, 7) is 0.937. The Kier molecular flexibility index (Phi) is 3.28. The molecule has 1 saturated carbocycles. The second-order valence-electron chi connectivity index (χ2n) is 3.47. The summed E-state index contributed by atoms with van der Waals surface area (Å²) in [5.41, 5.74) is 0. The Hall–Kier alpha value is -0.600. The van der Waals surface area contributed by atoms with Crippen molar-refractivity contribution in [3.05, 3.63) is 0 Å². The van der Waals surface area contributed by atoms with E-state index in [0.717, 1.165) is 12.8 Å². The van der Waals surface area contributed by atoms with Gasteiger partial charge in [-0.25, -0.2) is 12.7 Å². The van der Waals surface area contributed by atoms with Gasteiger partial charge in [0.1, 0.15) is 0 Å². The number of hydrogen-bond donors (Lipinski definition) is 0. The molecule has 0 aliphatic heterocycles. The number of sulfonamides is 1. The summed E-state index contributed by atoms with van der Waals surface area (Å²) in [5.74, 6) is 0.536. The van der Waals surface area contributed by atoms with E-state index >= 15 is 0 Å². The van der Waals surface area contributed by atoms with Crippen molar-refractivity contribution in [1.82, 2.24) is 4.31 Å². The zero-order chi connectivity index (χ0) is 9.90. The summed E-state index contributed by atoms with van der Waals surface area (Å²) in [6.07, 6.45) is 3.73. The Bertz CT molecular complexity index is 301. The zero-order valence-corrected chi connectivity index (χ0v) is 8.55. The monoisotopic (exact) mass is 202 g/mol. The molecule has 4 nitrogen and oxygen atoms in total. The molecule has 0 N–H and O–H groups in total. The van der Waals surface area contributed by atoms with E-state index in [4.69, 9.17) is 5.26 Å². The van der Waals surface area contributed by atoms with Crippen molar-refractivity contribution in [2.45, 2.75) is 19.3 Å². The van der Waals surface area contributed by atoms with Crippen LogP contribution in [0.4, 0.5) is 0 Å². The van der Waals surface area contributed by atoms with Gasteiger partial charge in [-0.15, -0.1) is 0 Å². The molecule has 0 aromatic rings. The van der Waals surface area contributed by atoms with Crippen LogP contribution in [0.3, 0.4) is 0 Å². The topological polar surface area (TPSA) is 61.2 Å². The van der Waals surface area contributed by atoms with Gasteiger partial charge in [-0.05, 0) is 18.8 Å². The maximum Gasteiger partial charge on any atom is 0.211 e. The van der Waals surface area contributed by atoms with Crippen molar-refractivity contribution >= 4 is 10.0 Å². The van der Waals surface area contributed by atoms with Gasteiger partial charge >= 0.3 is 0 Å². The summed E-state index contributed by atoms with van der Waals surface area (Å²) >= 11 is 0. The van der Waals surface area contributed by atoms with Crippen molar-refractivity contribution in [1.29, 1.82) is 5.26 Å². The SMILES string of the molecule is CS(=O)(=O)N(CCC#N)CC1CC1. The summed E-state index contributed by atoms with van der Waals surface area (Å²) in [6, 6.07) is 1.96. The van der Waals surface area contributed by atoms with Crippen LogP contribution in [0.2, 0.25) is 0 Å². The maximum absolute atomic E-state index is 11.2. The molecule has 5 heteroatoms. The highest BCUT2D eigenvalue weighted by molar-refractivity contribution is 7.88. The molecule has 0 bridgehead atoms. The van der Waals surface area contributed by atoms with Gasteiger partial charge in [0.25, 0.3) is 0 Å². The van der Waals surface area contributed by atoms with Gasteiger partial charge in [0.05, 0.1) is 12.3 Å². The smallest absolute Gasteiger partial charge is 0.211 e. The van der Waals surface area contributed by atoms with E-state index in [-0.39, 0.29) is 6.42 Å². The van der Waals surface area contributed by atoms with Crippen LogP contribution in [-0.4, -0.2) is 32.1 Å². The van der Waals surface area contributed by atoms with E-state index in [2.05, 4.69) is 0 Å². The maximum atomic E-state index is 11.2. The van der Waals surface area contributed by atoms with Crippen molar-refractivity contribution < 1.29 is 8.42 Å². The quantitative estimate of drug-likeness (QED) is 0.655. The lowest BCUT2D eigenvalue weighted by Crippen LogP contribution is -2.32. The summed E-state index contributed by atoms with van der Waals surface area (Å²) < 4.78 is 23.8. The third-order valence-electron chi connectivity index (χ3n) is 2.10. The van der Waals surface area contributed by atoms with Gasteiger partial charge in [0.2, 0.25) is 10.0 Å². The van der Waals surface area contributed by atoms with E-state index < -0.39 is 10.0 Å². The van der Waals surface area contributed by atoms with Crippen LogP contribution < -0.4 is 0 Å². The van der Waals surface area contributed by atoms with Crippen LogP contribution in [-0.2, 0) is 10.0 Å². The molecule has 1 rings (SSSR count). The molecule has 1 aliphatic carbocycles. The summed E-state index contributed by atoms with van der Waals surface area (Å²) in [7, 11) is -3.11. The van der Waals surface area contributed by atoms with Gasteiger partial charge < -0.3 is 0 Å². The predicted octanol–water partition coefficient (Wildman–Crippen LogP) is 0.572. The van der Waals surface area contributed by atoms with Crippen LogP contribution in [0.15, 0.2) is 0 Å². The lowest BCUT2D eigenvalue weighted by molar-refractivity contribution is 0.406. The van der Waals surface area contributed by atoms with Gasteiger partial charge in [0, 0.05) is 19.5 Å².